The highest BCUT2D eigenvalue weighted by molar-refractivity contribution is 5.24. The van der Waals surface area contributed by atoms with E-state index in [0.717, 1.165) is 26.3 Å². The van der Waals surface area contributed by atoms with Crippen LogP contribution in [0, 0.1) is 0 Å². The van der Waals surface area contributed by atoms with Crippen LogP contribution in [0.15, 0.2) is 24.3 Å². The minimum atomic E-state index is 0.570. The second-order valence-corrected chi connectivity index (χ2v) is 4.09. The number of benzene rings is 1. The van der Waals surface area contributed by atoms with E-state index < -0.39 is 0 Å². The van der Waals surface area contributed by atoms with Crippen LogP contribution in [0.2, 0.25) is 0 Å². The molecular formula is C14H23NO. The van der Waals surface area contributed by atoms with Crippen molar-refractivity contribution in [3.8, 4) is 0 Å². The van der Waals surface area contributed by atoms with Crippen molar-refractivity contribution in [1.29, 1.82) is 0 Å². The molecule has 0 fully saturated rings. The van der Waals surface area contributed by atoms with Crippen LogP contribution in [0.1, 0.15) is 37.8 Å². The van der Waals surface area contributed by atoms with E-state index in [9.17, 15) is 0 Å². The Balaban J connectivity index is 2.49. The molecule has 0 aliphatic carbocycles. The SMILES string of the molecule is CCNCC(C)c1ccc(COCC)cc1. The number of rotatable bonds is 7. The van der Waals surface area contributed by atoms with Crippen LogP contribution >= 0.6 is 0 Å². The van der Waals surface area contributed by atoms with Crippen molar-refractivity contribution >= 4 is 0 Å². The Morgan fingerprint density at radius 2 is 1.88 bits per heavy atom. The van der Waals surface area contributed by atoms with Crippen molar-refractivity contribution in [2.75, 3.05) is 19.7 Å². The Morgan fingerprint density at radius 3 is 2.44 bits per heavy atom. The second kappa shape index (κ2) is 7.42. The van der Waals surface area contributed by atoms with Gasteiger partial charge in [0.1, 0.15) is 0 Å². The number of ether oxygens (including phenoxy) is 1. The third kappa shape index (κ3) is 4.33. The predicted molar refractivity (Wildman–Crippen MR) is 68.7 cm³/mol. The fourth-order valence-corrected chi connectivity index (χ4v) is 1.64. The first-order chi connectivity index (χ1) is 7.77. The first-order valence-electron chi connectivity index (χ1n) is 6.15. The average Bonchev–Trinajstić information content (AvgIpc) is 2.34. The highest BCUT2D eigenvalue weighted by Crippen LogP contribution is 2.15. The first kappa shape index (κ1) is 13.2. The van der Waals surface area contributed by atoms with Crippen LogP contribution in [-0.2, 0) is 11.3 Å². The smallest absolute Gasteiger partial charge is 0.0716 e. The van der Waals surface area contributed by atoms with Gasteiger partial charge in [0.15, 0.2) is 0 Å². The van der Waals surface area contributed by atoms with Gasteiger partial charge >= 0.3 is 0 Å². The van der Waals surface area contributed by atoms with E-state index in [1.54, 1.807) is 0 Å². The van der Waals surface area contributed by atoms with Crippen LogP contribution < -0.4 is 5.32 Å². The molecule has 0 saturated heterocycles. The molecule has 0 aromatic heterocycles. The molecule has 1 N–H and O–H groups in total. The molecule has 1 aromatic rings. The summed E-state index contributed by atoms with van der Waals surface area (Å²) < 4.78 is 5.37. The maximum Gasteiger partial charge on any atom is 0.0716 e. The topological polar surface area (TPSA) is 21.3 Å². The molecule has 0 saturated carbocycles. The zero-order valence-corrected chi connectivity index (χ0v) is 10.6. The monoisotopic (exact) mass is 221 g/mol. The minimum Gasteiger partial charge on any atom is -0.377 e. The van der Waals surface area contributed by atoms with Gasteiger partial charge in [-0.3, -0.25) is 0 Å². The summed E-state index contributed by atoms with van der Waals surface area (Å²) in [5.41, 5.74) is 2.64. The predicted octanol–water partition coefficient (Wildman–Crippen LogP) is 2.94. The summed E-state index contributed by atoms with van der Waals surface area (Å²) in [6, 6.07) is 8.73. The van der Waals surface area contributed by atoms with Crippen LogP contribution in [0.4, 0.5) is 0 Å². The Labute approximate surface area is 99.0 Å². The molecule has 1 rings (SSSR count). The van der Waals surface area contributed by atoms with Crippen LogP contribution in [0.3, 0.4) is 0 Å². The molecule has 0 aliphatic heterocycles. The molecule has 2 heteroatoms. The summed E-state index contributed by atoms with van der Waals surface area (Å²) in [5, 5.41) is 3.37. The maximum absolute atomic E-state index is 5.37. The molecule has 16 heavy (non-hydrogen) atoms. The van der Waals surface area contributed by atoms with Crippen molar-refractivity contribution < 1.29 is 4.74 Å². The van der Waals surface area contributed by atoms with Crippen molar-refractivity contribution in [2.24, 2.45) is 0 Å². The van der Waals surface area contributed by atoms with Crippen LogP contribution in [0.25, 0.3) is 0 Å². The molecule has 2 nitrogen and oxygen atoms in total. The lowest BCUT2D eigenvalue weighted by Gasteiger charge is -2.12. The first-order valence-corrected chi connectivity index (χ1v) is 6.15. The number of hydrogen-bond donors (Lipinski definition) is 1. The molecule has 0 radical (unpaired) electrons. The van der Waals surface area contributed by atoms with Crippen LogP contribution in [-0.4, -0.2) is 19.7 Å². The van der Waals surface area contributed by atoms with Crippen molar-refractivity contribution in [1.82, 2.24) is 5.32 Å². The average molecular weight is 221 g/mol. The highest BCUT2D eigenvalue weighted by atomic mass is 16.5. The molecule has 0 aliphatic rings. The van der Waals surface area contributed by atoms with Gasteiger partial charge in [-0.15, -0.1) is 0 Å². The zero-order chi connectivity index (χ0) is 11.8. The molecule has 0 bridgehead atoms. The summed E-state index contributed by atoms with van der Waals surface area (Å²) in [5.74, 6) is 0.570. The summed E-state index contributed by atoms with van der Waals surface area (Å²) in [7, 11) is 0. The minimum absolute atomic E-state index is 0.570. The largest absolute Gasteiger partial charge is 0.377 e. The van der Waals surface area contributed by atoms with Gasteiger partial charge in [0.05, 0.1) is 6.61 Å². The lowest BCUT2D eigenvalue weighted by molar-refractivity contribution is 0.134. The van der Waals surface area contributed by atoms with E-state index in [2.05, 4.69) is 43.4 Å². The van der Waals surface area contributed by atoms with E-state index in [1.165, 1.54) is 11.1 Å². The van der Waals surface area contributed by atoms with Crippen LogP contribution in [0.5, 0.6) is 0 Å². The molecule has 0 heterocycles. The van der Waals surface area contributed by atoms with E-state index in [0.29, 0.717) is 5.92 Å². The van der Waals surface area contributed by atoms with Gasteiger partial charge in [0.25, 0.3) is 0 Å². The summed E-state index contributed by atoms with van der Waals surface area (Å²) in [6.45, 7) is 9.98. The number of likely N-dealkylation sites (N-methyl/N-ethyl adjacent to an activating group) is 1. The highest BCUT2D eigenvalue weighted by Gasteiger charge is 2.04. The fraction of sp³-hybridized carbons (Fsp3) is 0.571. The lowest BCUT2D eigenvalue weighted by Crippen LogP contribution is -2.19. The molecule has 1 atom stereocenters. The van der Waals surface area contributed by atoms with E-state index in [-0.39, 0.29) is 0 Å². The van der Waals surface area contributed by atoms with Gasteiger partial charge < -0.3 is 10.1 Å². The lowest BCUT2D eigenvalue weighted by atomic mass is 10.00. The van der Waals surface area contributed by atoms with Crippen molar-refractivity contribution in [3.63, 3.8) is 0 Å². The summed E-state index contributed by atoms with van der Waals surface area (Å²) >= 11 is 0. The Bertz CT molecular complexity index is 281. The van der Waals surface area contributed by atoms with Gasteiger partial charge in [-0.05, 0) is 30.5 Å². The maximum atomic E-state index is 5.37. The van der Waals surface area contributed by atoms with E-state index in [1.807, 2.05) is 6.92 Å². The number of hydrogen-bond acceptors (Lipinski definition) is 2. The number of nitrogens with one attached hydrogen (secondary N) is 1. The Hall–Kier alpha value is -0.860. The Kier molecular flexibility index (Phi) is 6.12. The molecule has 1 aromatic carbocycles. The van der Waals surface area contributed by atoms with Gasteiger partial charge in [-0.1, -0.05) is 38.1 Å². The van der Waals surface area contributed by atoms with Crippen molar-refractivity contribution in [2.45, 2.75) is 33.3 Å². The van der Waals surface area contributed by atoms with Gasteiger partial charge in [-0.2, -0.15) is 0 Å². The Morgan fingerprint density at radius 1 is 1.19 bits per heavy atom. The normalized spacial score (nSPS) is 12.7. The van der Waals surface area contributed by atoms with Gasteiger partial charge in [-0.25, -0.2) is 0 Å². The van der Waals surface area contributed by atoms with Gasteiger partial charge in [0, 0.05) is 13.2 Å². The van der Waals surface area contributed by atoms with E-state index in [4.69, 9.17) is 4.74 Å². The molecule has 0 spiro atoms. The molecular weight excluding hydrogens is 198 g/mol. The molecule has 90 valence electrons. The second-order valence-electron chi connectivity index (χ2n) is 4.09. The standard InChI is InChI=1S/C14H23NO/c1-4-15-10-12(3)14-8-6-13(7-9-14)11-16-5-2/h6-9,12,15H,4-5,10-11H2,1-3H3. The molecule has 1 unspecified atom stereocenters. The van der Waals surface area contributed by atoms with Gasteiger partial charge in [0.2, 0.25) is 0 Å². The fourth-order valence-electron chi connectivity index (χ4n) is 1.64. The third-order valence-corrected chi connectivity index (χ3v) is 2.72. The summed E-state index contributed by atoms with van der Waals surface area (Å²) in [6.07, 6.45) is 0. The van der Waals surface area contributed by atoms with Crippen molar-refractivity contribution in [3.05, 3.63) is 35.4 Å². The van der Waals surface area contributed by atoms with E-state index >= 15 is 0 Å². The quantitative estimate of drug-likeness (QED) is 0.764. The third-order valence-electron chi connectivity index (χ3n) is 2.72. The molecule has 0 amide bonds. The zero-order valence-electron chi connectivity index (χ0n) is 10.6. The summed E-state index contributed by atoms with van der Waals surface area (Å²) in [4.78, 5) is 0.